The fourth-order valence-corrected chi connectivity index (χ4v) is 6.06. The molecule has 8 nitrogen and oxygen atoms in total. The Hall–Kier alpha value is -4.68. The third kappa shape index (κ3) is 4.01. The van der Waals surface area contributed by atoms with Crippen molar-refractivity contribution < 1.29 is 9.50 Å². The molecule has 0 aliphatic carbocycles. The van der Waals surface area contributed by atoms with E-state index >= 15 is 0 Å². The van der Waals surface area contributed by atoms with Gasteiger partial charge in [0.05, 0.1) is 17.5 Å². The van der Waals surface area contributed by atoms with E-state index in [4.69, 9.17) is 0 Å². The Labute approximate surface area is 224 Å². The fraction of sp³-hybridized carbons (Fsp3) is 0.233. The number of benzene rings is 2. The van der Waals surface area contributed by atoms with Gasteiger partial charge in [-0.2, -0.15) is 10.4 Å². The highest BCUT2D eigenvalue weighted by atomic mass is 19.1. The molecule has 6 heterocycles. The van der Waals surface area contributed by atoms with Crippen molar-refractivity contribution in [1.29, 1.82) is 5.26 Å². The Morgan fingerprint density at radius 3 is 2.59 bits per heavy atom. The number of hydrogen-bond acceptors (Lipinski definition) is 6. The number of aromatic hydroxyl groups is 1. The molecule has 8 rings (SSSR count). The monoisotopic (exact) mass is 519 g/mol. The predicted octanol–water partition coefficient (Wildman–Crippen LogP) is 4.81. The van der Waals surface area contributed by atoms with Crippen molar-refractivity contribution >= 4 is 16.7 Å². The van der Waals surface area contributed by atoms with E-state index < -0.39 is 0 Å². The van der Waals surface area contributed by atoms with Gasteiger partial charge < -0.3 is 15.0 Å². The van der Waals surface area contributed by atoms with Crippen LogP contribution in [0, 0.1) is 17.1 Å². The van der Waals surface area contributed by atoms with Crippen molar-refractivity contribution in [2.24, 2.45) is 7.05 Å². The molecule has 5 aromatic rings. The van der Waals surface area contributed by atoms with E-state index in [1.807, 2.05) is 19.3 Å². The van der Waals surface area contributed by atoms with Crippen molar-refractivity contribution in [2.45, 2.75) is 25.0 Å². The molecule has 3 aliphatic rings. The van der Waals surface area contributed by atoms with E-state index in [9.17, 15) is 14.8 Å². The maximum atomic E-state index is 13.7. The second kappa shape index (κ2) is 8.96. The van der Waals surface area contributed by atoms with E-state index in [2.05, 4.69) is 55.2 Å². The Balaban J connectivity index is 1.13. The van der Waals surface area contributed by atoms with Gasteiger partial charge in [-0.3, -0.25) is 9.58 Å². The SMILES string of the molecule is Cn1cc(-c2cc3c(-c4ccc(N5CC6CC(C5)N6Cc5cc(F)ccc5O)cc4)c(C#N)cnc3[nH]2)cn1. The minimum absolute atomic E-state index is 0.144. The first kappa shape index (κ1) is 23.4. The largest absolute Gasteiger partial charge is 0.508 e. The maximum absolute atomic E-state index is 13.7. The van der Waals surface area contributed by atoms with Crippen LogP contribution in [0.3, 0.4) is 0 Å². The van der Waals surface area contributed by atoms with Gasteiger partial charge in [0.1, 0.15) is 23.3 Å². The van der Waals surface area contributed by atoms with Crippen LogP contribution in [0.25, 0.3) is 33.4 Å². The molecule has 2 aromatic carbocycles. The Morgan fingerprint density at radius 1 is 1.08 bits per heavy atom. The van der Waals surface area contributed by atoms with E-state index in [0.717, 1.165) is 58.6 Å². The van der Waals surface area contributed by atoms with Gasteiger partial charge in [0, 0.05) is 78.9 Å². The molecule has 2 N–H and O–H groups in total. The molecule has 3 fully saturated rings. The number of piperazine rings is 1. The lowest BCUT2D eigenvalue weighted by Crippen LogP contribution is -2.68. The molecule has 39 heavy (non-hydrogen) atoms. The standard InChI is InChI=1S/C30H26FN7O/c1-36-14-21(13-34-36)27-10-26-29(20(11-32)12-33-30(26)35-27)18-2-5-23(6-3-18)37-16-24-9-25(17-37)38(24)15-19-8-22(31)4-7-28(19)39/h2-8,10,12-14,24-25,39H,9,15-17H2,1H3,(H,33,35). The molecule has 2 bridgehead atoms. The van der Waals surface area contributed by atoms with Crippen LogP contribution in [0.5, 0.6) is 5.75 Å². The minimum Gasteiger partial charge on any atom is -0.508 e. The number of aromatic amines is 1. The number of fused-ring (bicyclic) bond motifs is 3. The number of pyridine rings is 1. The van der Waals surface area contributed by atoms with Gasteiger partial charge in [-0.1, -0.05) is 12.1 Å². The van der Waals surface area contributed by atoms with Crippen molar-refractivity contribution in [2.75, 3.05) is 18.0 Å². The summed E-state index contributed by atoms with van der Waals surface area (Å²) in [5.74, 6) is -0.181. The maximum Gasteiger partial charge on any atom is 0.138 e. The highest BCUT2D eigenvalue weighted by Gasteiger charge is 2.44. The molecule has 3 aliphatic heterocycles. The summed E-state index contributed by atoms with van der Waals surface area (Å²) in [5.41, 5.74) is 6.72. The van der Waals surface area contributed by atoms with Crippen LogP contribution in [-0.2, 0) is 13.6 Å². The van der Waals surface area contributed by atoms with E-state index in [1.165, 1.54) is 18.2 Å². The molecule has 3 aromatic heterocycles. The van der Waals surface area contributed by atoms with Crippen LogP contribution >= 0.6 is 0 Å². The molecule has 194 valence electrons. The van der Waals surface area contributed by atoms with Crippen molar-refractivity contribution in [3.63, 3.8) is 0 Å². The third-order valence-corrected chi connectivity index (χ3v) is 8.05. The molecule has 0 amide bonds. The lowest BCUT2D eigenvalue weighted by Gasteiger charge is -2.57. The molecule has 0 radical (unpaired) electrons. The number of H-pyrrole nitrogens is 1. The molecule has 3 saturated heterocycles. The number of piperidine rings is 1. The number of aromatic nitrogens is 4. The summed E-state index contributed by atoms with van der Waals surface area (Å²) in [6.07, 6.45) is 6.47. The van der Waals surface area contributed by atoms with Gasteiger partial charge in [-0.15, -0.1) is 0 Å². The normalized spacial score (nSPS) is 18.7. The van der Waals surface area contributed by atoms with E-state index in [0.29, 0.717) is 29.8 Å². The number of nitriles is 1. The predicted molar refractivity (Wildman–Crippen MR) is 146 cm³/mol. The van der Waals surface area contributed by atoms with Crippen LogP contribution in [-0.4, -0.2) is 54.9 Å². The zero-order chi connectivity index (χ0) is 26.7. The van der Waals surface area contributed by atoms with Crippen LogP contribution in [0.15, 0.2) is 67.1 Å². The summed E-state index contributed by atoms with van der Waals surface area (Å²) < 4.78 is 15.5. The second-order valence-corrected chi connectivity index (χ2v) is 10.4. The van der Waals surface area contributed by atoms with Crippen molar-refractivity contribution in [3.05, 3.63) is 84.1 Å². The van der Waals surface area contributed by atoms with Crippen molar-refractivity contribution in [1.82, 2.24) is 24.6 Å². The summed E-state index contributed by atoms with van der Waals surface area (Å²) >= 11 is 0. The fourth-order valence-electron chi connectivity index (χ4n) is 6.06. The highest BCUT2D eigenvalue weighted by Crippen LogP contribution is 2.39. The van der Waals surface area contributed by atoms with Crippen molar-refractivity contribution in [3.8, 4) is 34.2 Å². The lowest BCUT2D eigenvalue weighted by molar-refractivity contribution is -0.00896. The van der Waals surface area contributed by atoms with Gasteiger partial charge in [0.2, 0.25) is 0 Å². The number of nitrogens with one attached hydrogen (secondary N) is 1. The Bertz CT molecular complexity index is 1740. The quantitative estimate of drug-likeness (QED) is 0.346. The average Bonchev–Trinajstić information content (AvgIpc) is 3.59. The summed E-state index contributed by atoms with van der Waals surface area (Å²) in [6, 6.07) is 17.6. The average molecular weight is 520 g/mol. The van der Waals surface area contributed by atoms with Crippen LogP contribution in [0.1, 0.15) is 17.5 Å². The number of nitrogens with zero attached hydrogens (tertiary/aromatic N) is 6. The molecule has 2 unspecified atom stereocenters. The number of rotatable bonds is 5. The Kier molecular flexibility index (Phi) is 5.39. The number of halogens is 1. The molecular weight excluding hydrogens is 493 g/mol. The zero-order valence-corrected chi connectivity index (χ0v) is 21.3. The highest BCUT2D eigenvalue weighted by molar-refractivity contribution is 5.98. The summed E-state index contributed by atoms with van der Waals surface area (Å²) in [4.78, 5) is 12.6. The van der Waals surface area contributed by atoms with Crippen LogP contribution in [0.2, 0.25) is 0 Å². The number of aryl methyl sites for hydroxylation is 1. The summed E-state index contributed by atoms with van der Waals surface area (Å²) in [5, 5.41) is 25.2. The molecule has 2 atom stereocenters. The lowest BCUT2D eigenvalue weighted by atomic mass is 9.86. The first-order valence-corrected chi connectivity index (χ1v) is 13.0. The topological polar surface area (TPSA) is 97.0 Å². The minimum atomic E-state index is -0.325. The number of hydrogen-bond donors (Lipinski definition) is 2. The number of phenolic OH excluding ortho intramolecular Hbond substituents is 1. The van der Waals surface area contributed by atoms with Gasteiger partial charge >= 0.3 is 0 Å². The summed E-state index contributed by atoms with van der Waals surface area (Å²) in [6.45, 7) is 2.31. The van der Waals surface area contributed by atoms with Gasteiger partial charge in [0.25, 0.3) is 0 Å². The Morgan fingerprint density at radius 2 is 1.87 bits per heavy atom. The molecular formula is C30H26FN7O. The molecule has 9 heteroatoms. The summed E-state index contributed by atoms with van der Waals surface area (Å²) in [7, 11) is 1.88. The smallest absolute Gasteiger partial charge is 0.138 e. The van der Waals surface area contributed by atoms with E-state index in [1.54, 1.807) is 17.1 Å². The van der Waals surface area contributed by atoms with Gasteiger partial charge in [0.15, 0.2) is 0 Å². The van der Waals surface area contributed by atoms with Crippen LogP contribution < -0.4 is 4.90 Å². The van der Waals surface area contributed by atoms with Gasteiger partial charge in [-0.25, -0.2) is 9.37 Å². The van der Waals surface area contributed by atoms with Crippen LogP contribution in [0.4, 0.5) is 10.1 Å². The van der Waals surface area contributed by atoms with E-state index in [-0.39, 0.29) is 11.6 Å². The van der Waals surface area contributed by atoms with Gasteiger partial charge in [-0.05, 0) is 48.4 Å². The zero-order valence-electron chi connectivity index (χ0n) is 21.3. The molecule has 0 spiro atoms. The third-order valence-electron chi connectivity index (χ3n) is 8.05. The number of phenols is 1. The first-order chi connectivity index (χ1) is 19.0. The second-order valence-electron chi connectivity index (χ2n) is 10.4. The first-order valence-electron chi connectivity index (χ1n) is 13.0. The molecule has 0 saturated carbocycles. The number of anilines is 1.